The smallest absolute Gasteiger partial charge is 0.227 e. The van der Waals surface area contributed by atoms with E-state index in [1.165, 1.54) is 0 Å². The van der Waals surface area contributed by atoms with Gasteiger partial charge in [-0.2, -0.15) is 4.98 Å². The zero-order valence-corrected chi connectivity index (χ0v) is 11.9. The number of nitrogens with one attached hydrogen (secondary N) is 2. The van der Waals surface area contributed by atoms with Gasteiger partial charge in [-0.15, -0.1) is 0 Å². The number of piperidine rings is 1. The monoisotopic (exact) mass is 286 g/mol. The highest BCUT2D eigenvalue weighted by Gasteiger charge is 2.21. The van der Waals surface area contributed by atoms with Crippen molar-refractivity contribution in [2.45, 2.75) is 19.8 Å². The highest BCUT2D eigenvalue weighted by molar-refractivity contribution is 5.93. The maximum Gasteiger partial charge on any atom is 0.227 e. The predicted molar refractivity (Wildman–Crippen MR) is 78.7 cm³/mol. The van der Waals surface area contributed by atoms with Crippen molar-refractivity contribution in [3.63, 3.8) is 0 Å². The third-order valence-electron chi connectivity index (χ3n) is 3.63. The van der Waals surface area contributed by atoms with Crippen molar-refractivity contribution >= 4 is 11.6 Å². The van der Waals surface area contributed by atoms with Gasteiger partial charge in [0, 0.05) is 24.1 Å². The summed E-state index contributed by atoms with van der Waals surface area (Å²) in [5.74, 6) is 1.22. The molecule has 21 heavy (non-hydrogen) atoms. The molecule has 1 aromatic carbocycles. The van der Waals surface area contributed by atoms with E-state index in [1.54, 1.807) is 6.92 Å². The first-order valence-electron chi connectivity index (χ1n) is 7.15. The van der Waals surface area contributed by atoms with Gasteiger partial charge < -0.3 is 15.2 Å². The van der Waals surface area contributed by atoms with Gasteiger partial charge in [0.05, 0.1) is 0 Å². The maximum atomic E-state index is 12.2. The summed E-state index contributed by atoms with van der Waals surface area (Å²) in [5.41, 5.74) is 1.59. The highest BCUT2D eigenvalue weighted by atomic mass is 16.5. The number of carbonyl (C=O) groups is 1. The highest BCUT2D eigenvalue weighted by Crippen LogP contribution is 2.21. The molecule has 0 atom stereocenters. The van der Waals surface area contributed by atoms with Crippen LogP contribution in [0.1, 0.15) is 18.7 Å². The number of aryl methyl sites for hydroxylation is 1. The first kappa shape index (κ1) is 13.8. The summed E-state index contributed by atoms with van der Waals surface area (Å²) < 4.78 is 4.98. The Kier molecular flexibility index (Phi) is 3.96. The van der Waals surface area contributed by atoms with Gasteiger partial charge >= 0.3 is 0 Å². The van der Waals surface area contributed by atoms with Crippen molar-refractivity contribution in [2.75, 3.05) is 18.4 Å². The van der Waals surface area contributed by atoms with Crippen LogP contribution in [-0.2, 0) is 4.79 Å². The number of nitrogens with zero attached hydrogens (tertiary/aromatic N) is 2. The van der Waals surface area contributed by atoms with Crippen molar-refractivity contribution in [1.29, 1.82) is 0 Å². The van der Waals surface area contributed by atoms with E-state index < -0.39 is 0 Å². The zero-order chi connectivity index (χ0) is 14.7. The second-order valence-corrected chi connectivity index (χ2v) is 5.23. The number of hydrogen-bond donors (Lipinski definition) is 2. The van der Waals surface area contributed by atoms with E-state index in [-0.39, 0.29) is 11.8 Å². The quantitative estimate of drug-likeness (QED) is 0.902. The molecule has 0 aliphatic carbocycles. The second kappa shape index (κ2) is 6.05. The van der Waals surface area contributed by atoms with Crippen LogP contribution < -0.4 is 10.6 Å². The first-order chi connectivity index (χ1) is 10.2. The molecule has 1 saturated heterocycles. The Morgan fingerprint density at radius 1 is 1.38 bits per heavy atom. The molecule has 2 heterocycles. The van der Waals surface area contributed by atoms with E-state index in [4.69, 9.17) is 4.52 Å². The summed E-state index contributed by atoms with van der Waals surface area (Å²) >= 11 is 0. The molecular weight excluding hydrogens is 268 g/mol. The number of rotatable bonds is 3. The molecule has 1 aliphatic heterocycles. The lowest BCUT2D eigenvalue weighted by atomic mass is 9.97. The van der Waals surface area contributed by atoms with Crippen LogP contribution in [0.3, 0.4) is 0 Å². The normalized spacial score (nSPS) is 15.9. The number of anilines is 1. The summed E-state index contributed by atoms with van der Waals surface area (Å²) in [7, 11) is 0. The van der Waals surface area contributed by atoms with Gasteiger partial charge in [-0.3, -0.25) is 4.79 Å². The second-order valence-electron chi connectivity index (χ2n) is 5.23. The Hall–Kier alpha value is -2.21. The van der Waals surface area contributed by atoms with Crippen LogP contribution in [0.4, 0.5) is 5.69 Å². The van der Waals surface area contributed by atoms with Crippen LogP contribution in [0, 0.1) is 12.8 Å². The van der Waals surface area contributed by atoms with Gasteiger partial charge in [0.2, 0.25) is 17.6 Å². The fourth-order valence-corrected chi connectivity index (χ4v) is 2.48. The number of hydrogen-bond acceptors (Lipinski definition) is 5. The largest absolute Gasteiger partial charge is 0.339 e. The van der Waals surface area contributed by atoms with E-state index in [0.717, 1.165) is 37.2 Å². The zero-order valence-electron chi connectivity index (χ0n) is 11.9. The number of benzene rings is 1. The molecule has 0 bridgehead atoms. The van der Waals surface area contributed by atoms with Crippen LogP contribution >= 0.6 is 0 Å². The van der Waals surface area contributed by atoms with E-state index >= 15 is 0 Å². The van der Waals surface area contributed by atoms with Gasteiger partial charge in [-0.25, -0.2) is 0 Å². The summed E-state index contributed by atoms with van der Waals surface area (Å²) in [5, 5.41) is 10.1. The molecule has 1 amide bonds. The Morgan fingerprint density at radius 2 is 2.19 bits per heavy atom. The third-order valence-corrected chi connectivity index (χ3v) is 3.63. The number of carbonyl (C=O) groups excluding carboxylic acids is 1. The van der Waals surface area contributed by atoms with Crippen LogP contribution in [0.2, 0.25) is 0 Å². The minimum absolute atomic E-state index is 0.0814. The molecule has 2 N–H and O–H groups in total. The lowest BCUT2D eigenvalue weighted by Gasteiger charge is -2.21. The Bertz CT molecular complexity index is 632. The summed E-state index contributed by atoms with van der Waals surface area (Å²) in [6.45, 7) is 3.56. The molecule has 1 fully saturated rings. The van der Waals surface area contributed by atoms with Gasteiger partial charge in [-0.05, 0) is 38.1 Å². The molecule has 2 aromatic rings. The SMILES string of the molecule is Cc1nc(-c2cccc(NC(=O)C3CCNCC3)c2)no1. The Balaban J connectivity index is 1.72. The van der Waals surface area contributed by atoms with Crippen LogP contribution in [0.25, 0.3) is 11.4 Å². The molecule has 0 unspecified atom stereocenters. The summed E-state index contributed by atoms with van der Waals surface area (Å²) in [6.07, 6.45) is 1.77. The van der Waals surface area contributed by atoms with Crippen LogP contribution in [0.15, 0.2) is 28.8 Å². The molecule has 110 valence electrons. The van der Waals surface area contributed by atoms with Gasteiger partial charge in [0.25, 0.3) is 0 Å². The molecule has 3 rings (SSSR count). The van der Waals surface area contributed by atoms with E-state index in [1.807, 2.05) is 24.3 Å². The Morgan fingerprint density at radius 3 is 2.90 bits per heavy atom. The lowest BCUT2D eigenvalue weighted by molar-refractivity contribution is -0.120. The minimum atomic E-state index is 0.0814. The molecule has 6 nitrogen and oxygen atoms in total. The van der Waals surface area contributed by atoms with Gasteiger partial charge in [0.15, 0.2) is 0 Å². The molecule has 0 spiro atoms. The third kappa shape index (κ3) is 3.28. The Labute approximate surface area is 122 Å². The number of amides is 1. The average molecular weight is 286 g/mol. The summed E-state index contributed by atoms with van der Waals surface area (Å²) in [4.78, 5) is 16.4. The van der Waals surface area contributed by atoms with Crippen molar-refractivity contribution in [2.24, 2.45) is 5.92 Å². The van der Waals surface area contributed by atoms with Gasteiger partial charge in [0.1, 0.15) is 0 Å². The fourth-order valence-electron chi connectivity index (χ4n) is 2.48. The minimum Gasteiger partial charge on any atom is -0.339 e. The predicted octanol–water partition coefficient (Wildman–Crippen LogP) is 1.98. The molecule has 1 aliphatic rings. The van der Waals surface area contributed by atoms with E-state index in [0.29, 0.717) is 11.7 Å². The molecular formula is C15H18N4O2. The van der Waals surface area contributed by atoms with Crippen molar-refractivity contribution < 1.29 is 9.32 Å². The van der Waals surface area contributed by atoms with Crippen molar-refractivity contribution in [3.8, 4) is 11.4 Å². The van der Waals surface area contributed by atoms with Crippen LogP contribution in [-0.4, -0.2) is 29.1 Å². The van der Waals surface area contributed by atoms with E-state index in [9.17, 15) is 4.79 Å². The molecule has 1 aromatic heterocycles. The van der Waals surface area contributed by atoms with Crippen LogP contribution in [0.5, 0.6) is 0 Å². The average Bonchev–Trinajstić information content (AvgIpc) is 2.95. The lowest BCUT2D eigenvalue weighted by Crippen LogP contribution is -2.34. The van der Waals surface area contributed by atoms with Gasteiger partial charge in [-0.1, -0.05) is 17.3 Å². The maximum absolute atomic E-state index is 12.2. The molecule has 0 saturated carbocycles. The first-order valence-corrected chi connectivity index (χ1v) is 7.15. The topological polar surface area (TPSA) is 80.0 Å². The van der Waals surface area contributed by atoms with Crippen molar-refractivity contribution in [3.05, 3.63) is 30.2 Å². The molecule has 6 heteroatoms. The standard InChI is InChI=1S/C15H18N4O2/c1-10-17-14(19-21-10)12-3-2-4-13(9-12)18-15(20)11-5-7-16-8-6-11/h2-4,9,11,16H,5-8H2,1H3,(H,18,20). The summed E-state index contributed by atoms with van der Waals surface area (Å²) in [6, 6.07) is 7.50. The van der Waals surface area contributed by atoms with Crippen molar-refractivity contribution in [1.82, 2.24) is 15.5 Å². The fraction of sp³-hybridized carbons (Fsp3) is 0.400. The van der Waals surface area contributed by atoms with E-state index in [2.05, 4.69) is 20.8 Å². The molecule has 0 radical (unpaired) electrons. The number of aromatic nitrogens is 2.